The summed E-state index contributed by atoms with van der Waals surface area (Å²) in [5.41, 5.74) is 0.195. The fourth-order valence-corrected chi connectivity index (χ4v) is 4.32. The maximum atomic E-state index is 12.5. The lowest BCUT2D eigenvalue weighted by atomic mass is 9.91. The first-order valence-electron chi connectivity index (χ1n) is 9.95. The Kier molecular flexibility index (Phi) is 8.21. The highest BCUT2D eigenvalue weighted by Crippen LogP contribution is 2.30. The Balaban J connectivity index is 1.82. The predicted octanol–water partition coefficient (Wildman–Crippen LogP) is 5.80. The third-order valence-corrected chi connectivity index (χ3v) is 5.97. The Bertz CT molecular complexity index is 633. The topological polar surface area (TPSA) is 46.6 Å². The van der Waals surface area contributed by atoms with E-state index in [2.05, 4.69) is 6.07 Å². The third kappa shape index (κ3) is 7.96. The SMILES string of the molecule is CN(CCC(=O)c1cccc(SCC2CCCCC2)c1)C(=O)OC(C)(C)C. The normalized spacial score (nSPS) is 15.4. The Morgan fingerprint density at radius 3 is 2.56 bits per heavy atom. The highest BCUT2D eigenvalue weighted by molar-refractivity contribution is 7.99. The average Bonchev–Trinajstić information content (AvgIpc) is 2.64. The van der Waals surface area contributed by atoms with E-state index in [1.807, 2.05) is 50.7 Å². The molecule has 4 nitrogen and oxygen atoms in total. The molecule has 27 heavy (non-hydrogen) atoms. The van der Waals surface area contributed by atoms with Gasteiger partial charge in [-0.05, 0) is 51.7 Å². The number of nitrogens with zero attached hydrogens (tertiary/aromatic N) is 1. The summed E-state index contributed by atoms with van der Waals surface area (Å²) in [7, 11) is 1.66. The number of ketones is 1. The van der Waals surface area contributed by atoms with Crippen molar-refractivity contribution >= 4 is 23.6 Å². The zero-order chi connectivity index (χ0) is 19.9. The van der Waals surface area contributed by atoms with Crippen molar-refractivity contribution in [2.45, 2.75) is 69.8 Å². The zero-order valence-electron chi connectivity index (χ0n) is 17.1. The summed E-state index contributed by atoms with van der Waals surface area (Å²) < 4.78 is 5.32. The first-order valence-corrected chi connectivity index (χ1v) is 10.9. The van der Waals surface area contributed by atoms with Crippen LogP contribution in [0.2, 0.25) is 0 Å². The average molecular weight is 392 g/mol. The molecule has 0 unspecified atom stereocenters. The molecule has 0 atom stereocenters. The lowest BCUT2D eigenvalue weighted by molar-refractivity contribution is 0.0298. The molecule has 1 aliphatic carbocycles. The van der Waals surface area contributed by atoms with Crippen LogP contribution in [-0.4, -0.2) is 41.7 Å². The quantitative estimate of drug-likeness (QED) is 0.435. The molecule has 5 heteroatoms. The van der Waals surface area contributed by atoms with E-state index in [1.54, 1.807) is 7.05 Å². The number of benzene rings is 1. The van der Waals surface area contributed by atoms with Gasteiger partial charge in [-0.3, -0.25) is 4.79 Å². The molecule has 1 aromatic carbocycles. The molecule has 0 N–H and O–H groups in total. The fraction of sp³-hybridized carbons (Fsp3) is 0.636. The van der Waals surface area contributed by atoms with Crippen molar-refractivity contribution in [1.29, 1.82) is 0 Å². The minimum atomic E-state index is -0.529. The standard InChI is InChI=1S/C22H33NO3S/c1-22(2,3)26-21(25)23(4)14-13-20(24)18-11-8-12-19(15-18)27-16-17-9-6-5-7-10-17/h8,11-12,15,17H,5-7,9-10,13-14,16H2,1-4H3. The number of rotatable bonds is 7. The van der Waals surface area contributed by atoms with Gasteiger partial charge in [0.05, 0.1) is 0 Å². The van der Waals surface area contributed by atoms with Gasteiger partial charge in [-0.15, -0.1) is 11.8 Å². The van der Waals surface area contributed by atoms with Crippen LogP contribution in [0.5, 0.6) is 0 Å². The summed E-state index contributed by atoms with van der Waals surface area (Å²) in [6.07, 6.45) is 6.66. The molecule has 1 fully saturated rings. The van der Waals surface area contributed by atoms with Crippen molar-refractivity contribution in [3.8, 4) is 0 Å². The first kappa shape index (κ1) is 21.8. The van der Waals surface area contributed by atoms with E-state index in [0.717, 1.165) is 22.1 Å². The highest BCUT2D eigenvalue weighted by Gasteiger charge is 2.20. The van der Waals surface area contributed by atoms with Crippen molar-refractivity contribution in [2.75, 3.05) is 19.3 Å². The molecule has 150 valence electrons. The molecule has 0 aliphatic heterocycles. The number of Topliss-reactive ketones (excluding diaryl/α,β-unsaturated/α-hetero) is 1. The van der Waals surface area contributed by atoms with Gasteiger partial charge in [0.25, 0.3) is 0 Å². The molecule has 0 radical (unpaired) electrons. The lowest BCUT2D eigenvalue weighted by Gasteiger charge is -2.24. The highest BCUT2D eigenvalue weighted by atomic mass is 32.2. The van der Waals surface area contributed by atoms with Crippen LogP contribution in [0.1, 0.15) is 69.7 Å². The van der Waals surface area contributed by atoms with E-state index in [-0.39, 0.29) is 5.78 Å². The van der Waals surface area contributed by atoms with Crippen LogP contribution < -0.4 is 0 Å². The van der Waals surface area contributed by atoms with Crippen molar-refractivity contribution in [2.24, 2.45) is 5.92 Å². The van der Waals surface area contributed by atoms with Crippen molar-refractivity contribution in [3.63, 3.8) is 0 Å². The van der Waals surface area contributed by atoms with E-state index in [4.69, 9.17) is 4.74 Å². The molecular formula is C22H33NO3S. The molecule has 0 heterocycles. The number of hydrogen-bond acceptors (Lipinski definition) is 4. The van der Waals surface area contributed by atoms with Crippen LogP contribution in [0.25, 0.3) is 0 Å². The Labute approximate surface area is 168 Å². The van der Waals surface area contributed by atoms with Gasteiger partial charge in [0, 0.05) is 36.2 Å². The minimum absolute atomic E-state index is 0.0607. The first-order chi connectivity index (χ1) is 12.7. The Morgan fingerprint density at radius 2 is 1.89 bits per heavy atom. The molecule has 0 aromatic heterocycles. The monoisotopic (exact) mass is 391 g/mol. The van der Waals surface area contributed by atoms with Gasteiger partial charge in [0.15, 0.2) is 5.78 Å². The third-order valence-electron chi connectivity index (χ3n) is 4.75. The second-order valence-electron chi connectivity index (χ2n) is 8.42. The second-order valence-corrected chi connectivity index (χ2v) is 9.51. The summed E-state index contributed by atoms with van der Waals surface area (Å²) in [6, 6.07) is 7.88. The maximum Gasteiger partial charge on any atom is 0.410 e. The van der Waals surface area contributed by atoms with Crippen LogP contribution in [0.4, 0.5) is 4.79 Å². The Hall–Kier alpha value is -1.49. The number of amides is 1. The van der Waals surface area contributed by atoms with Crippen LogP contribution in [0.3, 0.4) is 0 Å². The van der Waals surface area contributed by atoms with Crippen molar-refractivity contribution in [1.82, 2.24) is 4.90 Å². The second kappa shape index (κ2) is 10.2. The molecule has 1 aromatic rings. The number of carbonyl (C=O) groups is 2. The molecule has 0 spiro atoms. The minimum Gasteiger partial charge on any atom is -0.444 e. The van der Waals surface area contributed by atoms with Gasteiger partial charge in [-0.2, -0.15) is 0 Å². The van der Waals surface area contributed by atoms with Crippen molar-refractivity contribution < 1.29 is 14.3 Å². The van der Waals surface area contributed by atoms with Gasteiger partial charge in [0.2, 0.25) is 0 Å². The van der Waals surface area contributed by atoms with E-state index in [1.165, 1.54) is 37.0 Å². The number of ether oxygens (including phenoxy) is 1. The maximum absolute atomic E-state index is 12.5. The predicted molar refractivity (Wildman–Crippen MR) is 112 cm³/mol. The lowest BCUT2D eigenvalue weighted by Crippen LogP contribution is -2.35. The fourth-order valence-electron chi connectivity index (χ4n) is 3.17. The van der Waals surface area contributed by atoms with Crippen LogP contribution in [-0.2, 0) is 4.74 Å². The molecule has 1 aliphatic rings. The summed E-state index contributed by atoms with van der Waals surface area (Å²) >= 11 is 1.86. The summed E-state index contributed by atoms with van der Waals surface area (Å²) in [4.78, 5) is 27.1. The number of carbonyl (C=O) groups excluding carboxylic acids is 2. The molecule has 1 amide bonds. The van der Waals surface area contributed by atoms with Crippen LogP contribution in [0.15, 0.2) is 29.2 Å². The molecule has 1 saturated carbocycles. The Morgan fingerprint density at radius 1 is 1.19 bits per heavy atom. The van der Waals surface area contributed by atoms with E-state index in [0.29, 0.717) is 13.0 Å². The van der Waals surface area contributed by atoms with Crippen LogP contribution in [0, 0.1) is 5.92 Å². The van der Waals surface area contributed by atoms with Crippen LogP contribution >= 0.6 is 11.8 Å². The summed E-state index contributed by atoms with van der Waals surface area (Å²) in [5, 5.41) is 0. The van der Waals surface area contributed by atoms with Gasteiger partial charge in [0.1, 0.15) is 5.60 Å². The zero-order valence-corrected chi connectivity index (χ0v) is 17.9. The van der Waals surface area contributed by atoms with Gasteiger partial charge in [-0.1, -0.05) is 31.4 Å². The summed E-state index contributed by atoms with van der Waals surface area (Å²) in [5.74, 6) is 2.01. The van der Waals surface area contributed by atoms with Crippen molar-refractivity contribution in [3.05, 3.63) is 29.8 Å². The van der Waals surface area contributed by atoms with E-state index in [9.17, 15) is 9.59 Å². The van der Waals surface area contributed by atoms with Gasteiger partial charge >= 0.3 is 6.09 Å². The number of hydrogen-bond donors (Lipinski definition) is 0. The van der Waals surface area contributed by atoms with Gasteiger partial charge < -0.3 is 9.64 Å². The largest absolute Gasteiger partial charge is 0.444 e. The summed E-state index contributed by atoms with van der Waals surface area (Å²) in [6.45, 7) is 5.86. The van der Waals surface area contributed by atoms with E-state index >= 15 is 0 Å². The molecule has 0 bridgehead atoms. The molecular weight excluding hydrogens is 358 g/mol. The molecule has 2 rings (SSSR count). The van der Waals surface area contributed by atoms with E-state index < -0.39 is 11.7 Å². The smallest absolute Gasteiger partial charge is 0.410 e. The molecule has 0 saturated heterocycles. The van der Waals surface area contributed by atoms with Gasteiger partial charge in [-0.25, -0.2) is 4.79 Å². The number of thioether (sulfide) groups is 1.